The van der Waals surface area contributed by atoms with Crippen molar-refractivity contribution < 1.29 is 4.74 Å². The Bertz CT molecular complexity index is 908. The first-order chi connectivity index (χ1) is 10.3. The number of rotatable bonds is 3. The third kappa shape index (κ3) is 2.15. The van der Waals surface area contributed by atoms with Crippen molar-refractivity contribution in [2.75, 3.05) is 0 Å². The quantitative estimate of drug-likeness (QED) is 0.576. The summed E-state index contributed by atoms with van der Waals surface area (Å²) >= 11 is 1.64. The van der Waals surface area contributed by atoms with Gasteiger partial charge < -0.3 is 4.74 Å². The normalized spacial score (nSPS) is 11.3. The molecule has 0 aliphatic carbocycles. The van der Waals surface area contributed by atoms with Gasteiger partial charge in [0, 0.05) is 0 Å². The van der Waals surface area contributed by atoms with Crippen molar-refractivity contribution in [2.24, 2.45) is 0 Å². The average Bonchev–Trinajstić information content (AvgIpc) is 3.06. The Balaban J connectivity index is 1.68. The minimum Gasteiger partial charge on any atom is -0.486 e. The van der Waals surface area contributed by atoms with Crippen LogP contribution >= 0.6 is 11.3 Å². The molecule has 0 radical (unpaired) electrons. The number of aryl methyl sites for hydroxylation is 1. The van der Waals surface area contributed by atoms with E-state index in [1.54, 1.807) is 11.3 Å². The van der Waals surface area contributed by atoms with Crippen molar-refractivity contribution in [3.05, 3.63) is 59.9 Å². The number of nitrogens with zero attached hydrogens (tertiary/aromatic N) is 3. The van der Waals surface area contributed by atoms with Gasteiger partial charge in [0.15, 0.2) is 5.82 Å². The SMILES string of the molecule is Cc1ccc(OCc2nnc3sc4ccccc4n23)cc1. The highest BCUT2D eigenvalue weighted by Gasteiger charge is 2.12. The van der Waals surface area contributed by atoms with Gasteiger partial charge in [0.05, 0.1) is 10.2 Å². The van der Waals surface area contributed by atoms with Gasteiger partial charge in [0.1, 0.15) is 12.4 Å². The molecule has 0 unspecified atom stereocenters. The van der Waals surface area contributed by atoms with Crippen LogP contribution in [0.15, 0.2) is 48.5 Å². The molecule has 2 aromatic carbocycles. The van der Waals surface area contributed by atoms with E-state index in [2.05, 4.69) is 33.7 Å². The number of hydrogen-bond donors (Lipinski definition) is 0. The van der Waals surface area contributed by atoms with Crippen LogP contribution in [0.3, 0.4) is 0 Å². The second-order valence-corrected chi connectivity index (χ2v) is 5.91. The molecule has 4 nitrogen and oxygen atoms in total. The van der Waals surface area contributed by atoms with E-state index in [-0.39, 0.29) is 0 Å². The van der Waals surface area contributed by atoms with Gasteiger partial charge in [0.25, 0.3) is 0 Å². The maximum absolute atomic E-state index is 5.81. The summed E-state index contributed by atoms with van der Waals surface area (Å²) in [5, 5.41) is 8.47. The van der Waals surface area contributed by atoms with Crippen LogP contribution in [0.2, 0.25) is 0 Å². The van der Waals surface area contributed by atoms with Gasteiger partial charge >= 0.3 is 0 Å². The predicted molar refractivity (Wildman–Crippen MR) is 83.9 cm³/mol. The minimum atomic E-state index is 0.408. The number of benzene rings is 2. The van der Waals surface area contributed by atoms with Gasteiger partial charge in [-0.1, -0.05) is 41.2 Å². The van der Waals surface area contributed by atoms with Crippen LogP contribution in [-0.2, 0) is 6.61 Å². The maximum Gasteiger partial charge on any atom is 0.217 e. The number of para-hydroxylation sites is 1. The van der Waals surface area contributed by atoms with Gasteiger partial charge in [-0.3, -0.25) is 4.40 Å². The number of fused-ring (bicyclic) bond motifs is 3. The number of ether oxygens (including phenoxy) is 1. The van der Waals surface area contributed by atoms with E-state index < -0.39 is 0 Å². The van der Waals surface area contributed by atoms with Gasteiger partial charge in [-0.05, 0) is 31.2 Å². The highest BCUT2D eigenvalue weighted by molar-refractivity contribution is 7.23. The van der Waals surface area contributed by atoms with Crippen molar-refractivity contribution in [2.45, 2.75) is 13.5 Å². The van der Waals surface area contributed by atoms with Gasteiger partial charge in [-0.25, -0.2) is 0 Å². The molecule has 0 fully saturated rings. The van der Waals surface area contributed by atoms with Crippen LogP contribution in [0.4, 0.5) is 0 Å². The smallest absolute Gasteiger partial charge is 0.217 e. The third-order valence-electron chi connectivity index (χ3n) is 3.40. The molecule has 0 amide bonds. The fourth-order valence-electron chi connectivity index (χ4n) is 2.31. The summed E-state index contributed by atoms with van der Waals surface area (Å²) in [5.41, 5.74) is 2.35. The van der Waals surface area contributed by atoms with Crippen LogP contribution in [-0.4, -0.2) is 14.6 Å². The largest absolute Gasteiger partial charge is 0.486 e. The lowest BCUT2D eigenvalue weighted by atomic mass is 10.2. The Labute approximate surface area is 125 Å². The van der Waals surface area contributed by atoms with Gasteiger partial charge in [-0.2, -0.15) is 0 Å². The zero-order valence-electron chi connectivity index (χ0n) is 11.5. The summed E-state index contributed by atoms with van der Waals surface area (Å²) in [5.74, 6) is 1.67. The van der Waals surface area contributed by atoms with E-state index in [1.165, 1.54) is 10.3 Å². The fourth-order valence-corrected chi connectivity index (χ4v) is 3.29. The summed E-state index contributed by atoms with van der Waals surface area (Å²) < 4.78 is 9.08. The molecule has 5 heteroatoms. The number of thiazole rings is 1. The summed E-state index contributed by atoms with van der Waals surface area (Å²) in [6.07, 6.45) is 0. The van der Waals surface area contributed by atoms with Crippen molar-refractivity contribution in [3.63, 3.8) is 0 Å². The standard InChI is InChI=1S/C16H13N3OS/c1-11-6-8-12(9-7-11)20-10-15-17-18-16-19(15)13-4-2-3-5-14(13)21-16/h2-9H,10H2,1H3. The Hall–Kier alpha value is -2.40. The molecule has 21 heavy (non-hydrogen) atoms. The second-order valence-electron chi connectivity index (χ2n) is 4.91. The summed E-state index contributed by atoms with van der Waals surface area (Å²) in [7, 11) is 0. The molecule has 0 aliphatic rings. The lowest BCUT2D eigenvalue weighted by molar-refractivity contribution is 0.295. The van der Waals surface area contributed by atoms with E-state index in [0.29, 0.717) is 6.61 Å². The molecular weight excluding hydrogens is 282 g/mol. The molecule has 0 bridgehead atoms. The maximum atomic E-state index is 5.81. The molecule has 104 valence electrons. The van der Waals surface area contributed by atoms with Crippen molar-refractivity contribution in [1.29, 1.82) is 0 Å². The van der Waals surface area contributed by atoms with Crippen LogP contribution < -0.4 is 4.74 Å². The van der Waals surface area contributed by atoms with Crippen LogP contribution in [0.1, 0.15) is 11.4 Å². The fraction of sp³-hybridized carbons (Fsp3) is 0.125. The van der Waals surface area contributed by atoms with Crippen molar-refractivity contribution in [3.8, 4) is 5.75 Å². The van der Waals surface area contributed by atoms with E-state index in [9.17, 15) is 0 Å². The zero-order valence-corrected chi connectivity index (χ0v) is 12.3. The molecule has 0 N–H and O–H groups in total. The van der Waals surface area contributed by atoms with E-state index in [1.807, 2.05) is 36.4 Å². The molecule has 0 spiro atoms. The van der Waals surface area contributed by atoms with E-state index in [0.717, 1.165) is 22.1 Å². The topological polar surface area (TPSA) is 39.4 Å². The van der Waals surface area contributed by atoms with Crippen LogP contribution in [0.25, 0.3) is 15.2 Å². The molecule has 0 aliphatic heterocycles. The zero-order chi connectivity index (χ0) is 14.2. The number of hydrogen-bond acceptors (Lipinski definition) is 4. The highest BCUT2D eigenvalue weighted by Crippen LogP contribution is 2.26. The lowest BCUT2D eigenvalue weighted by Gasteiger charge is -2.05. The third-order valence-corrected chi connectivity index (χ3v) is 4.41. The molecule has 0 saturated carbocycles. The average molecular weight is 295 g/mol. The predicted octanol–water partition coefficient (Wildman–Crippen LogP) is 3.83. The Kier molecular flexibility index (Phi) is 2.86. The molecule has 4 rings (SSSR count). The molecular formula is C16H13N3OS. The molecule has 0 saturated heterocycles. The minimum absolute atomic E-state index is 0.408. The first kappa shape index (κ1) is 12.3. The highest BCUT2D eigenvalue weighted by atomic mass is 32.1. The van der Waals surface area contributed by atoms with Gasteiger partial charge in [0.2, 0.25) is 4.96 Å². The van der Waals surface area contributed by atoms with Crippen LogP contribution in [0, 0.1) is 6.92 Å². The molecule has 0 atom stereocenters. The molecule has 2 heterocycles. The summed E-state index contributed by atoms with van der Waals surface area (Å²) in [6, 6.07) is 16.3. The second kappa shape index (κ2) is 4.86. The molecule has 2 aromatic heterocycles. The summed E-state index contributed by atoms with van der Waals surface area (Å²) in [4.78, 5) is 0.902. The summed E-state index contributed by atoms with van der Waals surface area (Å²) in [6.45, 7) is 2.47. The van der Waals surface area contributed by atoms with E-state index >= 15 is 0 Å². The Morgan fingerprint density at radius 1 is 1.05 bits per heavy atom. The Morgan fingerprint density at radius 3 is 2.71 bits per heavy atom. The van der Waals surface area contributed by atoms with Crippen molar-refractivity contribution >= 4 is 26.5 Å². The Morgan fingerprint density at radius 2 is 1.86 bits per heavy atom. The first-order valence-corrected chi connectivity index (χ1v) is 7.54. The van der Waals surface area contributed by atoms with Crippen molar-refractivity contribution in [1.82, 2.24) is 14.6 Å². The molecule has 4 aromatic rings. The monoisotopic (exact) mass is 295 g/mol. The lowest BCUT2D eigenvalue weighted by Crippen LogP contribution is -2.01. The van der Waals surface area contributed by atoms with Gasteiger partial charge in [-0.15, -0.1) is 10.2 Å². The van der Waals surface area contributed by atoms with Crippen LogP contribution in [0.5, 0.6) is 5.75 Å². The number of aromatic nitrogens is 3. The van der Waals surface area contributed by atoms with E-state index in [4.69, 9.17) is 4.74 Å². The first-order valence-electron chi connectivity index (χ1n) is 6.72.